The van der Waals surface area contributed by atoms with Gasteiger partial charge in [0.2, 0.25) is 0 Å². The molecule has 0 radical (unpaired) electrons. The van der Waals surface area contributed by atoms with Crippen molar-refractivity contribution in [3.63, 3.8) is 0 Å². The number of benzene rings is 1. The Bertz CT molecular complexity index is 548. The summed E-state index contributed by atoms with van der Waals surface area (Å²) in [7, 11) is 0. The molecule has 0 saturated carbocycles. The van der Waals surface area contributed by atoms with E-state index >= 15 is 0 Å². The fourth-order valence-electron chi connectivity index (χ4n) is 2.38. The van der Waals surface area contributed by atoms with Crippen LogP contribution in [-0.2, 0) is 4.79 Å². The second-order valence-corrected chi connectivity index (χ2v) is 5.25. The second kappa shape index (κ2) is 6.12. The Kier molecular flexibility index (Phi) is 4.48. The lowest BCUT2D eigenvalue weighted by Gasteiger charge is -2.38. The van der Waals surface area contributed by atoms with Gasteiger partial charge in [0.05, 0.1) is 11.3 Å². The molecule has 106 valence electrons. The molecule has 1 heterocycles. The van der Waals surface area contributed by atoms with Gasteiger partial charge in [-0.25, -0.2) is 0 Å². The van der Waals surface area contributed by atoms with Crippen molar-refractivity contribution in [2.75, 3.05) is 31.1 Å². The minimum absolute atomic E-state index is 0.474. The summed E-state index contributed by atoms with van der Waals surface area (Å²) in [5, 5.41) is 18.7. The lowest BCUT2D eigenvalue weighted by molar-refractivity contribution is -0.142. The van der Waals surface area contributed by atoms with E-state index in [-0.39, 0.29) is 0 Å². The summed E-state index contributed by atoms with van der Waals surface area (Å²) >= 11 is 5.89. The Morgan fingerprint density at radius 3 is 2.60 bits per heavy atom. The number of carbonyl (C=O) groups is 1. The van der Waals surface area contributed by atoms with E-state index in [0.717, 1.165) is 5.69 Å². The molecule has 1 fully saturated rings. The van der Waals surface area contributed by atoms with Gasteiger partial charge in [-0.2, -0.15) is 5.26 Å². The molecule has 20 heavy (non-hydrogen) atoms. The van der Waals surface area contributed by atoms with Crippen molar-refractivity contribution in [2.45, 2.75) is 13.0 Å². The summed E-state index contributed by atoms with van der Waals surface area (Å²) < 4.78 is 0. The van der Waals surface area contributed by atoms with Crippen molar-refractivity contribution in [3.8, 4) is 6.07 Å². The molecule has 0 spiro atoms. The Hall–Kier alpha value is -1.77. The summed E-state index contributed by atoms with van der Waals surface area (Å²) in [5.74, 6) is -0.803. The van der Waals surface area contributed by atoms with Gasteiger partial charge >= 0.3 is 5.97 Å². The third-order valence-corrected chi connectivity index (χ3v) is 3.87. The van der Waals surface area contributed by atoms with Crippen molar-refractivity contribution in [3.05, 3.63) is 28.8 Å². The van der Waals surface area contributed by atoms with Crippen LogP contribution in [0.4, 0.5) is 5.69 Å². The first kappa shape index (κ1) is 14.6. The maximum Gasteiger partial charge on any atom is 0.320 e. The summed E-state index contributed by atoms with van der Waals surface area (Å²) in [6, 6.07) is 6.95. The van der Waals surface area contributed by atoms with E-state index < -0.39 is 12.0 Å². The third-order valence-electron chi connectivity index (χ3n) is 3.64. The van der Waals surface area contributed by atoms with Crippen molar-refractivity contribution in [1.82, 2.24) is 4.90 Å². The van der Waals surface area contributed by atoms with Gasteiger partial charge in [0.15, 0.2) is 0 Å². The average Bonchev–Trinajstić information content (AvgIpc) is 2.46. The molecule has 1 aromatic carbocycles. The van der Waals surface area contributed by atoms with Gasteiger partial charge in [-0.15, -0.1) is 0 Å². The Morgan fingerprint density at radius 1 is 1.40 bits per heavy atom. The molecule has 0 aromatic heterocycles. The molecule has 1 aliphatic rings. The largest absolute Gasteiger partial charge is 0.480 e. The van der Waals surface area contributed by atoms with Crippen LogP contribution in [0.25, 0.3) is 0 Å². The number of nitriles is 1. The smallest absolute Gasteiger partial charge is 0.320 e. The van der Waals surface area contributed by atoms with Crippen LogP contribution in [0.5, 0.6) is 0 Å². The molecule has 0 amide bonds. The topological polar surface area (TPSA) is 67.6 Å². The quantitative estimate of drug-likeness (QED) is 0.920. The summed E-state index contributed by atoms with van der Waals surface area (Å²) in [4.78, 5) is 15.0. The standard InChI is InChI=1S/C14H16ClN3O2/c1-10(14(19)20)17-4-6-18(7-5-17)13-3-2-12(15)8-11(13)9-16/h2-3,8,10H,4-7H2,1H3,(H,19,20). The summed E-state index contributed by atoms with van der Waals surface area (Å²) in [6.45, 7) is 4.44. The van der Waals surface area contributed by atoms with Crippen LogP contribution >= 0.6 is 11.6 Å². The number of anilines is 1. The normalized spacial score (nSPS) is 17.6. The fourth-order valence-corrected chi connectivity index (χ4v) is 2.55. The Labute approximate surface area is 123 Å². The lowest BCUT2D eigenvalue weighted by Crippen LogP contribution is -2.51. The predicted octanol–water partition coefficient (Wildman–Crippen LogP) is 1.81. The molecule has 1 aromatic rings. The number of nitrogens with zero attached hydrogens (tertiary/aromatic N) is 3. The zero-order valence-electron chi connectivity index (χ0n) is 11.2. The lowest BCUT2D eigenvalue weighted by atomic mass is 10.1. The van der Waals surface area contributed by atoms with E-state index in [4.69, 9.17) is 22.0 Å². The molecule has 1 atom stereocenters. The van der Waals surface area contributed by atoms with Gasteiger partial charge in [-0.05, 0) is 25.1 Å². The highest BCUT2D eigenvalue weighted by molar-refractivity contribution is 6.30. The van der Waals surface area contributed by atoms with Crippen LogP contribution in [0.1, 0.15) is 12.5 Å². The van der Waals surface area contributed by atoms with Gasteiger partial charge in [-0.3, -0.25) is 9.69 Å². The van der Waals surface area contributed by atoms with Gasteiger partial charge in [0.1, 0.15) is 12.1 Å². The van der Waals surface area contributed by atoms with Crippen molar-refractivity contribution in [2.24, 2.45) is 0 Å². The Balaban J connectivity index is 2.08. The van der Waals surface area contributed by atoms with Gasteiger partial charge in [0, 0.05) is 31.2 Å². The van der Waals surface area contributed by atoms with E-state index in [9.17, 15) is 4.79 Å². The molecule has 1 saturated heterocycles. The fraction of sp³-hybridized carbons (Fsp3) is 0.429. The van der Waals surface area contributed by atoms with Crippen LogP contribution in [0.3, 0.4) is 0 Å². The van der Waals surface area contributed by atoms with E-state index in [0.29, 0.717) is 36.8 Å². The first-order valence-corrected chi connectivity index (χ1v) is 6.82. The molecule has 6 heteroatoms. The molecule has 1 unspecified atom stereocenters. The highest BCUT2D eigenvalue weighted by Gasteiger charge is 2.26. The molecular weight excluding hydrogens is 278 g/mol. The number of carboxylic acids is 1. The minimum Gasteiger partial charge on any atom is -0.480 e. The third kappa shape index (κ3) is 3.03. The van der Waals surface area contributed by atoms with Crippen molar-refractivity contribution >= 4 is 23.3 Å². The predicted molar refractivity (Wildman–Crippen MR) is 77.1 cm³/mol. The number of rotatable bonds is 3. The van der Waals surface area contributed by atoms with E-state index in [1.165, 1.54) is 0 Å². The average molecular weight is 294 g/mol. The number of carboxylic acid groups (broad SMARTS) is 1. The van der Waals surface area contributed by atoms with E-state index in [1.54, 1.807) is 19.1 Å². The zero-order valence-corrected chi connectivity index (χ0v) is 12.0. The highest BCUT2D eigenvalue weighted by atomic mass is 35.5. The minimum atomic E-state index is -0.803. The Morgan fingerprint density at radius 2 is 2.05 bits per heavy atom. The first-order chi connectivity index (χ1) is 9.52. The summed E-state index contributed by atoms with van der Waals surface area (Å²) in [5.41, 5.74) is 1.41. The molecule has 2 rings (SSSR count). The molecular formula is C14H16ClN3O2. The molecule has 0 aliphatic carbocycles. The van der Waals surface area contributed by atoms with Crippen LogP contribution in [-0.4, -0.2) is 48.2 Å². The van der Waals surface area contributed by atoms with Gasteiger partial charge < -0.3 is 10.0 Å². The van der Waals surface area contributed by atoms with Crippen molar-refractivity contribution < 1.29 is 9.90 Å². The summed E-state index contributed by atoms with van der Waals surface area (Å²) in [6.07, 6.45) is 0. The van der Waals surface area contributed by atoms with Gasteiger partial charge in [0.25, 0.3) is 0 Å². The SMILES string of the molecule is CC(C(=O)O)N1CCN(c2ccc(Cl)cc2C#N)CC1. The van der Waals surface area contributed by atoms with Crippen LogP contribution < -0.4 is 4.90 Å². The number of aliphatic carboxylic acids is 1. The van der Waals surface area contributed by atoms with E-state index in [2.05, 4.69) is 11.0 Å². The number of piperazine rings is 1. The highest BCUT2D eigenvalue weighted by Crippen LogP contribution is 2.25. The maximum absolute atomic E-state index is 11.0. The molecule has 5 nitrogen and oxygen atoms in total. The molecule has 1 aliphatic heterocycles. The molecule has 1 N–H and O–H groups in total. The van der Waals surface area contributed by atoms with Crippen molar-refractivity contribution in [1.29, 1.82) is 5.26 Å². The van der Waals surface area contributed by atoms with Crippen LogP contribution in [0.15, 0.2) is 18.2 Å². The number of halogens is 1. The number of hydrogen-bond acceptors (Lipinski definition) is 4. The number of hydrogen-bond donors (Lipinski definition) is 1. The maximum atomic E-state index is 11.0. The second-order valence-electron chi connectivity index (χ2n) is 4.81. The monoisotopic (exact) mass is 293 g/mol. The van der Waals surface area contributed by atoms with E-state index in [1.807, 2.05) is 11.0 Å². The van der Waals surface area contributed by atoms with Crippen LogP contribution in [0, 0.1) is 11.3 Å². The van der Waals surface area contributed by atoms with Gasteiger partial charge in [-0.1, -0.05) is 11.6 Å². The van der Waals surface area contributed by atoms with Crippen LogP contribution in [0.2, 0.25) is 5.02 Å². The molecule has 0 bridgehead atoms. The first-order valence-electron chi connectivity index (χ1n) is 6.44. The zero-order chi connectivity index (χ0) is 14.7.